The Kier molecular flexibility index (Phi) is 16.3. The number of amides is 1. The molecule has 0 aliphatic heterocycles. The van der Waals surface area contributed by atoms with E-state index < -0.39 is 15.7 Å². The molecule has 0 saturated heterocycles. The Bertz CT molecular complexity index is 880. The van der Waals surface area contributed by atoms with Crippen LogP contribution in [0.3, 0.4) is 0 Å². The average molecular weight is 520 g/mol. The largest absolute Gasteiger partial charge is 0.385 e. The van der Waals surface area contributed by atoms with Crippen LogP contribution >= 0.6 is 11.6 Å². The number of unbranched alkanes of at least 4 members (excludes halogenated alkanes) is 2. The number of methoxy groups -OCH3 is 1. The molecule has 34 heavy (non-hydrogen) atoms. The summed E-state index contributed by atoms with van der Waals surface area (Å²) in [4.78, 5) is 15.1. The maximum Gasteiger partial charge on any atom is 0.252 e. The summed E-state index contributed by atoms with van der Waals surface area (Å²) in [5, 5.41) is 6.17. The Morgan fingerprint density at radius 3 is 2.47 bits per heavy atom. The van der Waals surface area contributed by atoms with E-state index in [-0.39, 0.29) is 40.9 Å². The van der Waals surface area contributed by atoms with Gasteiger partial charge in [0.05, 0.1) is 60.9 Å². The van der Waals surface area contributed by atoms with Crippen molar-refractivity contribution in [2.75, 3.05) is 72.2 Å². The van der Waals surface area contributed by atoms with Crippen LogP contribution in [0.15, 0.2) is 28.2 Å². The second-order valence-electron chi connectivity index (χ2n) is 6.89. The molecule has 1 amide bonds. The molecule has 1 aromatic carbocycles. The number of benzene rings is 1. The first kappa shape index (κ1) is 30.1. The number of nitrogens with one attached hydrogen (secondary N) is 1. The predicted octanol–water partition coefficient (Wildman–Crippen LogP) is 2.83. The van der Waals surface area contributed by atoms with Gasteiger partial charge in [-0.3, -0.25) is 4.79 Å². The number of nitrogens with zero attached hydrogens (tertiary/aromatic N) is 3. The molecule has 1 N–H and O–H groups in total. The molecule has 1 rings (SSSR count). The van der Waals surface area contributed by atoms with Gasteiger partial charge in [-0.2, -0.15) is 0 Å². The summed E-state index contributed by atoms with van der Waals surface area (Å²) in [5.74, 6) is -0.610. The quantitative estimate of drug-likeness (QED) is 0.120. The monoisotopic (exact) mass is 519 g/mol. The van der Waals surface area contributed by atoms with Gasteiger partial charge >= 0.3 is 0 Å². The number of hydrogen-bond acceptors (Lipinski definition) is 8. The molecule has 11 nitrogen and oxygen atoms in total. The van der Waals surface area contributed by atoms with E-state index in [0.29, 0.717) is 46.1 Å². The minimum absolute atomic E-state index is 0.0419. The highest BCUT2D eigenvalue weighted by molar-refractivity contribution is 7.91. The first-order valence-electron chi connectivity index (χ1n) is 10.8. The Morgan fingerprint density at radius 1 is 1.12 bits per heavy atom. The highest BCUT2D eigenvalue weighted by Crippen LogP contribution is 2.22. The summed E-state index contributed by atoms with van der Waals surface area (Å²) in [6.45, 7) is 3.14. The standard InChI is InChI=1S/C21H32ClN4O7S/c1-30-9-3-2-4-16-34(28,29)18-5-6-20(22)19(17-18)21(27)24-7-10-31-12-14-33-15-13-32-11-8-25-26-23/h4-6,17H,2-3,7-16H2,1H3,(H,24,27). The van der Waals surface area contributed by atoms with Crippen LogP contribution < -0.4 is 5.32 Å². The van der Waals surface area contributed by atoms with Crippen LogP contribution in [0.5, 0.6) is 0 Å². The number of hydrogen-bond donors (Lipinski definition) is 1. The second kappa shape index (κ2) is 18.4. The van der Waals surface area contributed by atoms with Gasteiger partial charge in [-0.25, -0.2) is 8.42 Å². The van der Waals surface area contributed by atoms with Gasteiger partial charge in [0.1, 0.15) is 0 Å². The number of carbonyl (C=O) groups excluding carboxylic acids is 1. The Labute approximate surface area is 205 Å². The lowest BCUT2D eigenvalue weighted by atomic mass is 10.2. The zero-order valence-electron chi connectivity index (χ0n) is 19.3. The topological polar surface area (TPSA) is 149 Å². The van der Waals surface area contributed by atoms with E-state index in [9.17, 15) is 13.2 Å². The first-order valence-corrected chi connectivity index (χ1v) is 12.8. The van der Waals surface area contributed by atoms with Gasteiger partial charge in [-0.05, 0) is 43.0 Å². The molecule has 0 heterocycles. The second-order valence-corrected chi connectivity index (χ2v) is 9.34. The number of azide groups is 1. The maximum absolute atomic E-state index is 12.5. The van der Waals surface area contributed by atoms with E-state index in [2.05, 4.69) is 15.3 Å². The van der Waals surface area contributed by atoms with Crippen LogP contribution in [-0.2, 0) is 28.8 Å². The van der Waals surface area contributed by atoms with Gasteiger partial charge in [0, 0.05) is 31.7 Å². The van der Waals surface area contributed by atoms with Crippen molar-refractivity contribution < 1.29 is 32.2 Å². The van der Waals surface area contributed by atoms with Gasteiger partial charge in [0.2, 0.25) is 0 Å². The number of halogens is 1. The van der Waals surface area contributed by atoms with Crippen LogP contribution in [0.25, 0.3) is 10.4 Å². The Balaban J connectivity index is 2.30. The third kappa shape index (κ3) is 13.1. The van der Waals surface area contributed by atoms with Crippen molar-refractivity contribution in [3.8, 4) is 0 Å². The van der Waals surface area contributed by atoms with E-state index in [1.807, 2.05) is 0 Å². The molecule has 13 heteroatoms. The van der Waals surface area contributed by atoms with E-state index in [0.717, 1.165) is 6.42 Å². The number of rotatable bonds is 20. The van der Waals surface area contributed by atoms with Gasteiger partial charge in [0.25, 0.3) is 5.91 Å². The van der Waals surface area contributed by atoms with Crippen molar-refractivity contribution in [1.82, 2.24) is 5.32 Å². The molecule has 0 aliphatic rings. The zero-order chi connectivity index (χ0) is 25.1. The van der Waals surface area contributed by atoms with Crippen molar-refractivity contribution in [3.05, 3.63) is 45.6 Å². The summed E-state index contributed by atoms with van der Waals surface area (Å²) in [6, 6.07) is 4.09. The maximum atomic E-state index is 12.5. The molecule has 0 fully saturated rings. The smallest absolute Gasteiger partial charge is 0.252 e. The van der Waals surface area contributed by atoms with E-state index in [4.69, 9.17) is 36.1 Å². The molecule has 1 radical (unpaired) electrons. The summed E-state index contributed by atoms with van der Waals surface area (Å²) in [5.41, 5.74) is 8.21. The fraction of sp³-hybridized carbons (Fsp3) is 0.619. The van der Waals surface area contributed by atoms with Gasteiger partial charge in [-0.15, -0.1) is 0 Å². The summed E-state index contributed by atoms with van der Waals surface area (Å²) in [7, 11) is -1.98. The van der Waals surface area contributed by atoms with Crippen LogP contribution in [0.4, 0.5) is 0 Å². The van der Waals surface area contributed by atoms with Crippen LogP contribution in [0, 0.1) is 6.42 Å². The van der Waals surface area contributed by atoms with Crippen molar-refractivity contribution in [3.63, 3.8) is 0 Å². The fourth-order valence-electron chi connectivity index (χ4n) is 2.60. The summed E-state index contributed by atoms with van der Waals surface area (Å²) >= 11 is 6.10. The van der Waals surface area contributed by atoms with Crippen LogP contribution in [0.2, 0.25) is 5.02 Å². The zero-order valence-corrected chi connectivity index (χ0v) is 20.9. The van der Waals surface area contributed by atoms with Crippen molar-refractivity contribution in [2.24, 2.45) is 5.11 Å². The summed E-state index contributed by atoms with van der Waals surface area (Å²) in [6.07, 6.45) is 3.04. The minimum atomic E-state index is -3.57. The minimum Gasteiger partial charge on any atom is -0.385 e. The summed E-state index contributed by atoms with van der Waals surface area (Å²) < 4.78 is 45.9. The van der Waals surface area contributed by atoms with Crippen molar-refractivity contribution in [2.45, 2.75) is 17.7 Å². The third-order valence-corrected chi connectivity index (χ3v) is 6.29. The lowest BCUT2D eigenvalue weighted by molar-refractivity contribution is 0.0166. The lowest BCUT2D eigenvalue weighted by Gasteiger charge is -2.10. The van der Waals surface area contributed by atoms with Gasteiger partial charge < -0.3 is 24.3 Å². The number of sulfone groups is 1. The predicted molar refractivity (Wildman–Crippen MR) is 128 cm³/mol. The van der Waals surface area contributed by atoms with E-state index in [1.54, 1.807) is 13.5 Å². The molecular weight excluding hydrogens is 488 g/mol. The molecule has 0 bridgehead atoms. The molecule has 0 aromatic heterocycles. The molecular formula is C21H32ClN4O7S. The highest BCUT2D eigenvalue weighted by atomic mass is 35.5. The van der Waals surface area contributed by atoms with E-state index in [1.165, 1.54) is 18.2 Å². The van der Waals surface area contributed by atoms with Crippen LogP contribution in [0.1, 0.15) is 23.2 Å². The fourth-order valence-corrected chi connectivity index (χ4v) is 4.05. The Hall–Kier alpha value is -1.92. The molecule has 0 aliphatic carbocycles. The van der Waals surface area contributed by atoms with Gasteiger partial charge in [0.15, 0.2) is 9.84 Å². The van der Waals surface area contributed by atoms with Crippen molar-refractivity contribution in [1.29, 1.82) is 0 Å². The highest BCUT2D eigenvalue weighted by Gasteiger charge is 2.18. The van der Waals surface area contributed by atoms with E-state index >= 15 is 0 Å². The average Bonchev–Trinajstić information content (AvgIpc) is 2.82. The molecule has 0 saturated carbocycles. The lowest BCUT2D eigenvalue weighted by Crippen LogP contribution is -2.28. The first-order chi connectivity index (χ1) is 16.4. The molecule has 1 aromatic rings. The third-order valence-electron chi connectivity index (χ3n) is 4.31. The van der Waals surface area contributed by atoms with Crippen LogP contribution in [-0.4, -0.2) is 86.5 Å². The normalized spacial score (nSPS) is 11.2. The molecule has 191 valence electrons. The molecule has 0 unspecified atom stereocenters. The number of ether oxygens (including phenoxy) is 4. The molecule has 0 atom stereocenters. The van der Waals surface area contributed by atoms with Crippen molar-refractivity contribution >= 4 is 27.3 Å². The Morgan fingerprint density at radius 2 is 1.79 bits per heavy atom. The molecule has 0 spiro atoms. The van der Waals surface area contributed by atoms with Gasteiger partial charge in [-0.1, -0.05) is 16.7 Å². The number of carbonyl (C=O) groups is 1. The SMILES string of the molecule is COCCC[CH]CS(=O)(=O)c1ccc(Cl)c(C(=O)NCCOCCOCCOCCN=[N+]=[N-])c1.